The van der Waals surface area contributed by atoms with E-state index in [1.165, 1.54) is 0 Å². The molecule has 0 bridgehead atoms. The first-order valence-electron chi connectivity index (χ1n) is 7.89. The zero-order valence-electron chi connectivity index (χ0n) is 12.5. The van der Waals surface area contributed by atoms with Crippen molar-refractivity contribution in [3.05, 3.63) is 0 Å². The van der Waals surface area contributed by atoms with E-state index in [-0.39, 0.29) is 12.8 Å². The first-order valence-corrected chi connectivity index (χ1v) is 7.89. The van der Waals surface area contributed by atoms with Crippen LogP contribution in [0.4, 0.5) is 13.2 Å². The largest absolute Gasteiger partial charge is 0.391 e. The Balaban J connectivity index is 2.24. The molecule has 0 aromatic carbocycles. The van der Waals surface area contributed by atoms with Crippen molar-refractivity contribution in [1.29, 1.82) is 0 Å². The molecule has 0 aromatic heterocycles. The summed E-state index contributed by atoms with van der Waals surface area (Å²) < 4.78 is 39.4. The fraction of sp³-hybridized carbons (Fsp3) is 1.00. The third kappa shape index (κ3) is 2.84. The molecule has 1 aliphatic heterocycles. The highest BCUT2D eigenvalue weighted by molar-refractivity contribution is 5.04. The van der Waals surface area contributed by atoms with Gasteiger partial charge in [0.15, 0.2) is 0 Å². The summed E-state index contributed by atoms with van der Waals surface area (Å²) in [6.07, 6.45) is 1.01. The van der Waals surface area contributed by atoms with Crippen LogP contribution in [0, 0.1) is 5.92 Å². The average Bonchev–Trinajstić information content (AvgIpc) is 2.79. The van der Waals surface area contributed by atoms with Crippen molar-refractivity contribution in [1.82, 2.24) is 4.90 Å². The molecule has 2 nitrogen and oxygen atoms in total. The summed E-state index contributed by atoms with van der Waals surface area (Å²) in [6.45, 7) is 4.62. The van der Waals surface area contributed by atoms with Crippen molar-refractivity contribution in [2.75, 3.05) is 6.54 Å². The van der Waals surface area contributed by atoms with Crippen LogP contribution in [-0.2, 0) is 0 Å². The molecule has 2 fully saturated rings. The van der Waals surface area contributed by atoms with E-state index < -0.39 is 17.6 Å². The molecule has 0 amide bonds. The van der Waals surface area contributed by atoms with Crippen molar-refractivity contribution in [2.45, 2.75) is 82.6 Å². The van der Waals surface area contributed by atoms with Gasteiger partial charge in [-0.3, -0.25) is 4.90 Å². The molecule has 118 valence electrons. The molecule has 4 unspecified atom stereocenters. The number of rotatable bonds is 3. The molecule has 2 aliphatic rings. The van der Waals surface area contributed by atoms with Gasteiger partial charge in [0, 0.05) is 24.2 Å². The number of halogens is 3. The molecule has 0 aromatic rings. The fourth-order valence-electron chi connectivity index (χ4n) is 4.47. The minimum Gasteiger partial charge on any atom is -0.329 e. The van der Waals surface area contributed by atoms with Gasteiger partial charge >= 0.3 is 6.18 Å². The lowest BCUT2D eigenvalue weighted by molar-refractivity contribution is -0.195. The maximum absolute atomic E-state index is 13.1. The summed E-state index contributed by atoms with van der Waals surface area (Å²) in [5, 5.41) is 0. The summed E-state index contributed by atoms with van der Waals surface area (Å²) in [4.78, 5) is 2.35. The number of nitrogens with two attached hydrogens (primary N) is 1. The maximum atomic E-state index is 13.1. The minimum absolute atomic E-state index is 0.188. The second kappa shape index (κ2) is 5.84. The van der Waals surface area contributed by atoms with Gasteiger partial charge in [0.25, 0.3) is 0 Å². The number of likely N-dealkylation sites (tertiary alicyclic amines) is 1. The zero-order chi connectivity index (χ0) is 15.0. The summed E-state index contributed by atoms with van der Waals surface area (Å²) in [5.74, 6) is -1.18. The van der Waals surface area contributed by atoms with E-state index in [4.69, 9.17) is 5.73 Å². The van der Waals surface area contributed by atoms with E-state index in [0.717, 1.165) is 25.7 Å². The van der Waals surface area contributed by atoms with E-state index >= 15 is 0 Å². The van der Waals surface area contributed by atoms with Crippen LogP contribution in [0.1, 0.15) is 58.8 Å². The van der Waals surface area contributed by atoms with Crippen LogP contribution >= 0.6 is 0 Å². The smallest absolute Gasteiger partial charge is 0.329 e. The van der Waals surface area contributed by atoms with Crippen molar-refractivity contribution in [3.8, 4) is 0 Å². The minimum atomic E-state index is -4.08. The SMILES string of the molecule is CCC1CCC(C)N1C1(CN)CCCC(C(F)(F)F)C1. The lowest BCUT2D eigenvalue weighted by Gasteiger charge is -2.51. The normalized spacial score (nSPS) is 40.2. The second-order valence-electron chi connectivity index (χ2n) is 6.66. The standard InChI is InChI=1S/C15H27F3N2/c1-3-13-7-6-11(2)20(13)14(10-19)8-4-5-12(9-14)15(16,17)18/h11-13H,3-10,19H2,1-2H3. The first-order chi connectivity index (χ1) is 9.34. The van der Waals surface area contributed by atoms with E-state index in [9.17, 15) is 13.2 Å². The van der Waals surface area contributed by atoms with Crippen molar-refractivity contribution >= 4 is 0 Å². The number of alkyl halides is 3. The molecule has 20 heavy (non-hydrogen) atoms. The van der Waals surface area contributed by atoms with E-state index in [0.29, 0.717) is 25.0 Å². The highest BCUT2D eigenvalue weighted by Crippen LogP contribution is 2.47. The number of nitrogens with zero attached hydrogens (tertiary/aromatic N) is 1. The molecule has 1 saturated heterocycles. The van der Waals surface area contributed by atoms with Gasteiger partial charge in [0.1, 0.15) is 0 Å². The number of hydrogen-bond acceptors (Lipinski definition) is 2. The Morgan fingerprint density at radius 2 is 1.95 bits per heavy atom. The van der Waals surface area contributed by atoms with E-state index in [2.05, 4.69) is 18.7 Å². The van der Waals surface area contributed by atoms with Crippen LogP contribution in [0.25, 0.3) is 0 Å². The lowest BCUT2D eigenvalue weighted by atomic mass is 9.73. The van der Waals surface area contributed by atoms with Gasteiger partial charge in [-0.15, -0.1) is 0 Å². The van der Waals surface area contributed by atoms with Crippen molar-refractivity contribution in [2.24, 2.45) is 11.7 Å². The molecule has 5 heteroatoms. The molecule has 2 N–H and O–H groups in total. The Labute approximate surface area is 119 Å². The Morgan fingerprint density at radius 3 is 2.50 bits per heavy atom. The van der Waals surface area contributed by atoms with Crippen molar-refractivity contribution in [3.63, 3.8) is 0 Å². The zero-order valence-corrected chi connectivity index (χ0v) is 12.5. The Bertz CT molecular complexity index is 332. The number of hydrogen-bond donors (Lipinski definition) is 1. The van der Waals surface area contributed by atoms with Crippen LogP contribution in [0.2, 0.25) is 0 Å². The monoisotopic (exact) mass is 292 g/mol. The third-order valence-electron chi connectivity index (χ3n) is 5.47. The Morgan fingerprint density at radius 1 is 1.25 bits per heavy atom. The lowest BCUT2D eigenvalue weighted by Crippen LogP contribution is -2.60. The second-order valence-corrected chi connectivity index (χ2v) is 6.66. The van der Waals surface area contributed by atoms with Gasteiger partial charge < -0.3 is 5.73 Å². The topological polar surface area (TPSA) is 29.3 Å². The van der Waals surface area contributed by atoms with Gasteiger partial charge in [0.2, 0.25) is 0 Å². The van der Waals surface area contributed by atoms with Crippen LogP contribution < -0.4 is 5.73 Å². The van der Waals surface area contributed by atoms with Gasteiger partial charge in [-0.1, -0.05) is 13.3 Å². The molecular formula is C15H27F3N2. The van der Waals surface area contributed by atoms with Crippen LogP contribution in [0.15, 0.2) is 0 Å². The highest BCUT2D eigenvalue weighted by Gasteiger charge is 2.52. The molecule has 4 atom stereocenters. The van der Waals surface area contributed by atoms with Gasteiger partial charge in [-0.05, 0) is 45.4 Å². The maximum Gasteiger partial charge on any atom is 0.391 e. The predicted molar refractivity (Wildman–Crippen MR) is 74.4 cm³/mol. The summed E-state index contributed by atoms with van der Waals surface area (Å²) in [6, 6.07) is 0.760. The van der Waals surface area contributed by atoms with Gasteiger partial charge in [-0.2, -0.15) is 13.2 Å². The van der Waals surface area contributed by atoms with Crippen LogP contribution in [-0.4, -0.2) is 35.2 Å². The molecule has 0 spiro atoms. The predicted octanol–water partition coefficient (Wildman–Crippen LogP) is 3.70. The Kier molecular flexibility index (Phi) is 4.69. The summed E-state index contributed by atoms with van der Waals surface area (Å²) >= 11 is 0. The van der Waals surface area contributed by atoms with E-state index in [1.807, 2.05) is 0 Å². The molecule has 1 heterocycles. The fourth-order valence-corrected chi connectivity index (χ4v) is 4.47. The van der Waals surface area contributed by atoms with Crippen LogP contribution in [0.3, 0.4) is 0 Å². The molecule has 1 aliphatic carbocycles. The molecule has 2 rings (SSSR count). The Hall–Kier alpha value is -0.290. The molecular weight excluding hydrogens is 265 g/mol. The van der Waals surface area contributed by atoms with Crippen molar-refractivity contribution < 1.29 is 13.2 Å². The summed E-state index contributed by atoms with van der Waals surface area (Å²) in [5.41, 5.74) is 5.56. The molecule has 1 saturated carbocycles. The van der Waals surface area contributed by atoms with Gasteiger partial charge in [-0.25, -0.2) is 0 Å². The molecule has 0 radical (unpaired) electrons. The quantitative estimate of drug-likeness (QED) is 0.859. The summed E-state index contributed by atoms with van der Waals surface area (Å²) in [7, 11) is 0. The third-order valence-corrected chi connectivity index (χ3v) is 5.47. The first kappa shape index (κ1) is 16.1. The van der Waals surface area contributed by atoms with Crippen LogP contribution in [0.5, 0.6) is 0 Å². The average molecular weight is 292 g/mol. The highest BCUT2D eigenvalue weighted by atomic mass is 19.4. The van der Waals surface area contributed by atoms with E-state index in [1.54, 1.807) is 0 Å². The van der Waals surface area contributed by atoms with Gasteiger partial charge in [0.05, 0.1) is 5.92 Å².